The first kappa shape index (κ1) is 12.9. The van der Waals surface area contributed by atoms with E-state index in [0.29, 0.717) is 26.9 Å². The first-order valence-electron chi connectivity index (χ1n) is 5.68. The van der Waals surface area contributed by atoms with Gasteiger partial charge in [-0.05, 0) is 30.3 Å². The Labute approximate surface area is 123 Å². The second-order valence-corrected chi connectivity index (χ2v) is 5.50. The zero-order valence-electron chi connectivity index (χ0n) is 10.0. The van der Waals surface area contributed by atoms with Crippen LogP contribution in [0.3, 0.4) is 0 Å². The average Bonchev–Trinajstić information content (AvgIpc) is 2.82. The van der Waals surface area contributed by atoms with Crippen molar-refractivity contribution in [1.82, 2.24) is 4.98 Å². The van der Waals surface area contributed by atoms with E-state index in [1.165, 1.54) is 23.5 Å². The highest BCUT2D eigenvalue weighted by atomic mass is 35.5. The number of anilines is 2. The number of benzene rings is 2. The van der Waals surface area contributed by atoms with Gasteiger partial charge in [-0.1, -0.05) is 22.9 Å². The van der Waals surface area contributed by atoms with E-state index in [-0.39, 0.29) is 5.82 Å². The molecule has 0 atom stereocenters. The Bertz CT molecular complexity index is 838. The molecule has 0 unspecified atom stereocenters. The van der Waals surface area contributed by atoms with Crippen LogP contribution in [0.5, 0.6) is 0 Å². The predicted molar refractivity (Wildman–Crippen MR) is 79.0 cm³/mol. The van der Waals surface area contributed by atoms with Crippen LogP contribution in [-0.4, -0.2) is 4.98 Å². The van der Waals surface area contributed by atoms with Crippen molar-refractivity contribution in [2.75, 3.05) is 5.32 Å². The smallest absolute Gasteiger partial charge is 0.188 e. The van der Waals surface area contributed by atoms with Crippen LogP contribution < -0.4 is 5.32 Å². The van der Waals surface area contributed by atoms with Gasteiger partial charge in [0, 0.05) is 6.07 Å². The SMILES string of the molecule is N#Cc1ccc(Nc2nc3cc(F)ccc3s2)c(Cl)c1. The van der Waals surface area contributed by atoms with Crippen molar-refractivity contribution in [1.29, 1.82) is 5.26 Å². The standard InChI is InChI=1S/C14H7ClFN3S/c15-10-5-8(7-17)1-3-11(10)18-14-19-12-6-9(16)2-4-13(12)20-14/h1-6H,(H,18,19). The minimum atomic E-state index is -0.314. The average molecular weight is 304 g/mol. The molecule has 0 radical (unpaired) electrons. The monoisotopic (exact) mass is 303 g/mol. The third-order valence-corrected chi connectivity index (χ3v) is 3.95. The van der Waals surface area contributed by atoms with Gasteiger partial charge >= 0.3 is 0 Å². The van der Waals surface area contributed by atoms with E-state index in [1.54, 1.807) is 24.3 Å². The zero-order valence-corrected chi connectivity index (χ0v) is 11.6. The first-order chi connectivity index (χ1) is 9.65. The molecular formula is C14H7ClFN3S. The second-order valence-electron chi connectivity index (χ2n) is 4.06. The van der Waals surface area contributed by atoms with Gasteiger partial charge in [0.05, 0.1) is 32.6 Å². The minimum Gasteiger partial charge on any atom is -0.330 e. The minimum absolute atomic E-state index is 0.314. The molecule has 3 nitrogen and oxygen atoms in total. The molecule has 1 N–H and O–H groups in total. The zero-order chi connectivity index (χ0) is 14.1. The van der Waals surface area contributed by atoms with E-state index >= 15 is 0 Å². The Morgan fingerprint density at radius 1 is 1.25 bits per heavy atom. The molecule has 20 heavy (non-hydrogen) atoms. The summed E-state index contributed by atoms with van der Waals surface area (Å²) in [4.78, 5) is 4.30. The van der Waals surface area contributed by atoms with Crippen LogP contribution in [-0.2, 0) is 0 Å². The molecule has 2 aromatic carbocycles. The van der Waals surface area contributed by atoms with E-state index in [4.69, 9.17) is 16.9 Å². The van der Waals surface area contributed by atoms with Crippen molar-refractivity contribution in [3.05, 3.63) is 52.8 Å². The topological polar surface area (TPSA) is 48.7 Å². The Morgan fingerprint density at radius 3 is 2.85 bits per heavy atom. The number of nitrogens with one attached hydrogen (secondary N) is 1. The summed E-state index contributed by atoms with van der Waals surface area (Å²) in [5.74, 6) is -0.314. The van der Waals surface area contributed by atoms with Gasteiger partial charge in [-0.2, -0.15) is 5.26 Å². The summed E-state index contributed by atoms with van der Waals surface area (Å²) in [6, 6.07) is 11.5. The van der Waals surface area contributed by atoms with Gasteiger partial charge in [-0.15, -0.1) is 0 Å². The molecule has 1 heterocycles. The summed E-state index contributed by atoms with van der Waals surface area (Å²) in [6.07, 6.45) is 0. The summed E-state index contributed by atoms with van der Waals surface area (Å²) < 4.78 is 14.0. The van der Waals surface area contributed by atoms with Crippen LogP contribution in [0.4, 0.5) is 15.2 Å². The normalized spacial score (nSPS) is 10.4. The summed E-state index contributed by atoms with van der Waals surface area (Å²) in [5, 5.41) is 12.9. The Hall–Kier alpha value is -2.16. The molecule has 3 aromatic rings. The number of hydrogen-bond acceptors (Lipinski definition) is 4. The van der Waals surface area contributed by atoms with Crippen molar-refractivity contribution in [3.63, 3.8) is 0 Å². The lowest BCUT2D eigenvalue weighted by atomic mass is 10.2. The quantitative estimate of drug-likeness (QED) is 0.746. The third-order valence-electron chi connectivity index (χ3n) is 2.69. The lowest BCUT2D eigenvalue weighted by Crippen LogP contribution is -1.90. The second kappa shape index (κ2) is 5.08. The molecule has 0 aliphatic rings. The Balaban J connectivity index is 1.95. The molecule has 0 aliphatic carbocycles. The number of nitriles is 1. The number of aromatic nitrogens is 1. The van der Waals surface area contributed by atoms with E-state index < -0.39 is 0 Å². The van der Waals surface area contributed by atoms with Gasteiger partial charge < -0.3 is 5.32 Å². The fourth-order valence-electron chi connectivity index (χ4n) is 1.76. The molecule has 98 valence electrons. The molecule has 3 rings (SSSR count). The van der Waals surface area contributed by atoms with Crippen LogP contribution in [0.25, 0.3) is 10.2 Å². The fraction of sp³-hybridized carbons (Fsp3) is 0. The lowest BCUT2D eigenvalue weighted by Gasteiger charge is -2.04. The van der Waals surface area contributed by atoms with Crippen LogP contribution >= 0.6 is 22.9 Å². The van der Waals surface area contributed by atoms with E-state index in [0.717, 1.165) is 4.70 Å². The predicted octanol–water partition coefficient (Wildman–Crippen LogP) is 4.70. The molecule has 0 amide bonds. The van der Waals surface area contributed by atoms with E-state index in [9.17, 15) is 4.39 Å². The van der Waals surface area contributed by atoms with Crippen molar-refractivity contribution < 1.29 is 4.39 Å². The van der Waals surface area contributed by atoms with Crippen LogP contribution in [0.15, 0.2) is 36.4 Å². The molecule has 0 saturated heterocycles. The van der Waals surface area contributed by atoms with Gasteiger partial charge in [0.25, 0.3) is 0 Å². The molecular weight excluding hydrogens is 297 g/mol. The largest absolute Gasteiger partial charge is 0.330 e. The number of hydrogen-bond donors (Lipinski definition) is 1. The number of thiazole rings is 1. The first-order valence-corrected chi connectivity index (χ1v) is 6.88. The highest BCUT2D eigenvalue weighted by Crippen LogP contribution is 2.31. The number of halogens is 2. The maximum Gasteiger partial charge on any atom is 0.188 e. The summed E-state index contributed by atoms with van der Waals surface area (Å²) in [7, 11) is 0. The molecule has 0 fully saturated rings. The van der Waals surface area contributed by atoms with Gasteiger partial charge in [0.2, 0.25) is 0 Å². The summed E-state index contributed by atoms with van der Waals surface area (Å²) in [5.41, 5.74) is 1.75. The number of rotatable bonds is 2. The van der Waals surface area contributed by atoms with Crippen LogP contribution in [0.1, 0.15) is 5.56 Å². The molecule has 6 heteroatoms. The Morgan fingerprint density at radius 2 is 2.10 bits per heavy atom. The van der Waals surface area contributed by atoms with Crippen molar-refractivity contribution in [3.8, 4) is 6.07 Å². The van der Waals surface area contributed by atoms with Crippen molar-refractivity contribution >= 4 is 44.0 Å². The molecule has 0 saturated carbocycles. The fourth-order valence-corrected chi connectivity index (χ4v) is 2.84. The highest BCUT2D eigenvalue weighted by Gasteiger charge is 2.07. The van der Waals surface area contributed by atoms with Gasteiger partial charge in [0.1, 0.15) is 5.82 Å². The molecule has 0 bridgehead atoms. The summed E-state index contributed by atoms with van der Waals surface area (Å²) in [6.45, 7) is 0. The summed E-state index contributed by atoms with van der Waals surface area (Å²) >= 11 is 7.49. The van der Waals surface area contributed by atoms with Gasteiger partial charge in [0.15, 0.2) is 5.13 Å². The highest BCUT2D eigenvalue weighted by molar-refractivity contribution is 7.22. The molecule has 1 aromatic heterocycles. The maximum absolute atomic E-state index is 13.1. The van der Waals surface area contributed by atoms with Gasteiger partial charge in [-0.25, -0.2) is 9.37 Å². The van der Waals surface area contributed by atoms with Crippen LogP contribution in [0.2, 0.25) is 5.02 Å². The van der Waals surface area contributed by atoms with E-state index in [1.807, 2.05) is 6.07 Å². The molecule has 0 aliphatic heterocycles. The Kier molecular flexibility index (Phi) is 3.26. The number of fused-ring (bicyclic) bond motifs is 1. The molecule has 0 spiro atoms. The third kappa shape index (κ3) is 2.44. The number of nitrogens with zero attached hydrogens (tertiary/aromatic N) is 2. The van der Waals surface area contributed by atoms with E-state index in [2.05, 4.69) is 10.3 Å². The van der Waals surface area contributed by atoms with Crippen molar-refractivity contribution in [2.24, 2.45) is 0 Å². The van der Waals surface area contributed by atoms with Gasteiger partial charge in [-0.3, -0.25) is 0 Å². The maximum atomic E-state index is 13.1. The lowest BCUT2D eigenvalue weighted by molar-refractivity contribution is 0.629. The van der Waals surface area contributed by atoms with Crippen molar-refractivity contribution in [2.45, 2.75) is 0 Å². The van der Waals surface area contributed by atoms with Crippen LogP contribution in [0, 0.1) is 17.1 Å².